The average molecular weight is 348 g/mol. The predicted molar refractivity (Wildman–Crippen MR) is 79.8 cm³/mol. The van der Waals surface area contributed by atoms with E-state index in [-0.39, 0.29) is 18.0 Å². The Morgan fingerprint density at radius 2 is 1.96 bits per heavy atom. The number of hydrogen-bond donors (Lipinski definition) is 0. The maximum absolute atomic E-state index is 14.1. The van der Waals surface area contributed by atoms with E-state index >= 15 is 0 Å². The highest BCUT2D eigenvalue weighted by Crippen LogP contribution is 2.31. The Hall–Kier alpha value is -1.83. The molecule has 1 fully saturated rings. The highest BCUT2D eigenvalue weighted by atomic mass is 19.4. The molecular weight excluding hydrogens is 328 g/mol. The molecule has 0 aliphatic carbocycles. The maximum atomic E-state index is 14.1. The Kier molecular flexibility index (Phi) is 5.08. The van der Waals surface area contributed by atoms with Gasteiger partial charge in [-0.1, -0.05) is 6.07 Å². The second-order valence-electron chi connectivity index (χ2n) is 6.44. The average Bonchev–Trinajstić information content (AvgIpc) is 2.41. The monoisotopic (exact) mass is 348 g/mol. The summed E-state index contributed by atoms with van der Waals surface area (Å²) in [6.45, 7) is 6.48. The zero-order chi connectivity index (χ0) is 18.1. The molecule has 0 saturated carbocycles. The third kappa shape index (κ3) is 4.37. The quantitative estimate of drug-likeness (QED) is 0.787. The highest BCUT2D eigenvalue weighted by Gasteiger charge is 2.37. The van der Waals surface area contributed by atoms with E-state index in [2.05, 4.69) is 4.74 Å². The Morgan fingerprint density at radius 1 is 1.29 bits per heavy atom. The van der Waals surface area contributed by atoms with Gasteiger partial charge in [0.05, 0.1) is 0 Å². The van der Waals surface area contributed by atoms with E-state index in [0.717, 1.165) is 12.1 Å². The molecular formula is C16H20F4N2O2. The molecule has 0 bridgehead atoms. The first kappa shape index (κ1) is 18.5. The van der Waals surface area contributed by atoms with Crippen LogP contribution in [-0.2, 0) is 11.3 Å². The lowest BCUT2D eigenvalue weighted by molar-refractivity contribution is -0.275. The zero-order valence-electron chi connectivity index (χ0n) is 13.8. The number of carbonyl (C=O) groups excluding carboxylic acids is 1. The number of piperazine rings is 1. The van der Waals surface area contributed by atoms with Crippen molar-refractivity contribution in [3.8, 4) is 5.75 Å². The Bertz CT molecular complexity index is 617. The first-order chi connectivity index (χ1) is 11.0. The molecule has 0 atom stereocenters. The second kappa shape index (κ2) is 6.58. The molecule has 1 amide bonds. The summed E-state index contributed by atoms with van der Waals surface area (Å²) >= 11 is 0. The number of halogens is 4. The third-order valence-corrected chi connectivity index (χ3v) is 4.17. The molecule has 0 N–H and O–H groups in total. The van der Waals surface area contributed by atoms with Crippen LogP contribution in [0.3, 0.4) is 0 Å². The number of rotatable bonds is 3. The van der Waals surface area contributed by atoms with Crippen LogP contribution in [-0.4, -0.2) is 47.2 Å². The minimum atomic E-state index is -4.88. The number of carbonyl (C=O) groups is 1. The van der Waals surface area contributed by atoms with E-state index in [1.807, 2.05) is 18.7 Å². The van der Waals surface area contributed by atoms with Gasteiger partial charge < -0.3 is 9.64 Å². The first-order valence-electron chi connectivity index (χ1n) is 7.53. The topological polar surface area (TPSA) is 32.8 Å². The van der Waals surface area contributed by atoms with Crippen molar-refractivity contribution in [3.63, 3.8) is 0 Å². The summed E-state index contributed by atoms with van der Waals surface area (Å²) in [5.74, 6) is -1.34. The van der Waals surface area contributed by atoms with Crippen molar-refractivity contribution < 1.29 is 27.1 Å². The van der Waals surface area contributed by atoms with E-state index in [0.29, 0.717) is 19.6 Å². The molecule has 0 aromatic heterocycles. The first-order valence-corrected chi connectivity index (χ1v) is 7.53. The molecule has 1 aliphatic rings. The third-order valence-electron chi connectivity index (χ3n) is 4.17. The van der Waals surface area contributed by atoms with Crippen LogP contribution < -0.4 is 4.74 Å². The van der Waals surface area contributed by atoms with Crippen molar-refractivity contribution in [3.05, 3.63) is 29.6 Å². The fourth-order valence-electron chi connectivity index (χ4n) is 2.86. The van der Waals surface area contributed by atoms with Gasteiger partial charge in [0.1, 0.15) is 11.6 Å². The summed E-state index contributed by atoms with van der Waals surface area (Å²) in [6.07, 6.45) is -4.88. The number of ether oxygens (including phenoxy) is 1. The SMILES string of the molecule is CC(=O)N1CCN(Cc2c(F)cccc2OC(F)(F)F)C(C)(C)C1. The summed E-state index contributed by atoms with van der Waals surface area (Å²) in [6, 6.07) is 3.39. The molecule has 1 aromatic carbocycles. The molecule has 8 heteroatoms. The van der Waals surface area contributed by atoms with E-state index in [4.69, 9.17) is 0 Å². The van der Waals surface area contributed by atoms with E-state index < -0.39 is 23.5 Å². The van der Waals surface area contributed by atoms with Gasteiger partial charge >= 0.3 is 6.36 Å². The molecule has 0 unspecified atom stereocenters. The normalized spacial score (nSPS) is 18.5. The van der Waals surface area contributed by atoms with Gasteiger partial charge in [-0.25, -0.2) is 4.39 Å². The van der Waals surface area contributed by atoms with Crippen molar-refractivity contribution in [1.29, 1.82) is 0 Å². The van der Waals surface area contributed by atoms with Crippen LogP contribution in [0.2, 0.25) is 0 Å². The van der Waals surface area contributed by atoms with Crippen LogP contribution in [0.15, 0.2) is 18.2 Å². The molecule has 0 radical (unpaired) electrons. The van der Waals surface area contributed by atoms with Crippen LogP contribution in [0, 0.1) is 5.82 Å². The number of hydrogen-bond acceptors (Lipinski definition) is 3. The highest BCUT2D eigenvalue weighted by molar-refractivity contribution is 5.73. The van der Waals surface area contributed by atoms with Crippen LogP contribution in [0.25, 0.3) is 0 Å². The number of nitrogens with zero attached hydrogens (tertiary/aromatic N) is 2. The van der Waals surface area contributed by atoms with Crippen molar-refractivity contribution >= 4 is 5.91 Å². The van der Waals surface area contributed by atoms with Crippen molar-refractivity contribution in [2.24, 2.45) is 0 Å². The summed E-state index contributed by atoms with van der Waals surface area (Å²) in [4.78, 5) is 15.0. The minimum Gasteiger partial charge on any atom is -0.405 e. The molecule has 24 heavy (non-hydrogen) atoms. The lowest BCUT2D eigenvalue weighted by Crippen LogP contribution is -2.59. The molecule has 0 spiro atoms. The van der Waals surface area contributed by atoms with Crippen molar-refractivity contribution in [1.82, 2.24) is 9.80 Å². The minimum absolute atomic E-state index is 0.0309. The van der Waals surface area contributed by atoms with Gasteiger partial charge in [0.15, 0.2) is 0 Å². The van der Waals surface area contributed by atoms with Crippen molar-refractivity contribution in [2.75, 3.05) is 19.6 Å². The van der Waals surface area contributed by atoms with Crippen LogP contribution >= 0.6 is 0 Å². The van der Waals surface area contributed by atoms with Crippen LogP contribution in [0.4, 0.5) is 17.6 Å². The Balaban J connectivity index is 2.23. The lowest BCUT2D eigenvalue weighted by atomic mass is 9.97. The Labute approximate surface area is 138 Å². The summed E-state index contributed by atoms with van der Waals surface area (Å²) in [7, 11) is 0. The van der Waals surface area contributed by atoms with Gasteiger partial charge in [0, 0.05) is 44.2 Å². The summed E-state index contributed by atoms with van der Waals surface area (Å²) < 4.78 is 55.6. The van der Waals surface area contributed by atoms with Gasteiger partial charge in [-0.2, -0.15) is 0 Å². The van der Waals surface area contributed by atoms with Crippen LogP contribution in [0.5, 0.6) is 5.75 Å². The fraction of sp³-hybridized carbons (Fsp3) is 0.562. The molecule has 1 aliphatic heterocycles. The molecule has 4 nitrogen and oxygen atoms in total. The second-order valence-corrected chi connectivity index (χ2v) is 6.44. The van der Waals surface area contributed by atoms with Gasteiger partial charge in [-0.05, 0) is 26.0 Å². The number of benzene rings is 1. The molecule has 1 heterocycles. The Morgan fingerprint density at radius 3 is 2.50 bits per heavy atom. The summed E-state index contributed by atoms with van der Waals surface area (Å²) in [5, 5.41) is 0. The smallest absolute Gasteiger partial charge is 0.405 e. The number of amides is 1. The van der Waals surface area contributed by atoms with E-state index in [9.17, 15) is 22.4 Å². The fourth-order valence-corrected chi connectivity index (χ4v) is 2.86. The largest absolute Gasteiger partial charge is 0.573 e. The van der Waals surface area contributed by atoms with Gasteiger partial charge in [-0.15, -0.1) is 13.2 Å². The molecule has 2 rings (SSSR count). The van der Waals surface area contributed by atoms with Gasteiger partial charge in [0.25, 0.3) is 0 Å². The predicted octanol–water partition coefficient (Wildman–Crippen LogP) is 3.17. The lowest BCUT2D eigenvalue weighted by Gasteiger charge is -2.47. The van der Waals surface area contributed by atoms with Crippen molar-refractivity contribution in [2.45, 2.75) is 39.2 Å². The standard InChI is InChI=1S/C16H20F4N2O2/c1-11(23)21-7-8-22(15(2,3)10-21)9-12-13(17)5-4-6-14(12)24-16(18,19)20/h4-6H,7-10H2,1-3H3. The molecule has 1 saturated heterocycles. The van der Waals surface area contributed by atoms with Gasteiger partial charge in [-0.3, -0.25) is 9.69 Å². The summed E-state index contributed by atoms with van der Waals surface area (Å²) in [5.41, 5.74) is -0.638. The zero-order valence-corrected chi connectivity index (χ0v) is 13.8. The van der Waals surface area contributed by atoms with Crippen LogP contribution in [0.1, 0.15) is 26.3 Å². The maximum Gasteiger partial charge on any atom is 0.573 e. The molecule has 134 valence electrons. The van der Waals surface area contributed by atoms with E-state index in [1.165, 1.54) is 13.0 Å². The number of alkyl halides is 3. The molecule has 1 aromatic rings. The van der Waals surface area contributed by atoms with Gasteiger partial charge in [0.2, 0.25) is 5.91 Å². The van der Waals surface area contributed by atoms with E-state index in [1.54, 1.807) is 4.90 Å².